The first-order chi connectivity index (χ1) is 12.0. The van der Waals surface area contributed by atoms with Gasteiger partial charge < -0.3 is 19.7 Å². The van der Waals surface area contributed by atoms with Crippen molar-refractivity contribution in [3.05, 3.63) is 47.5 Å². The van der Waals surface area contributed by atoms with Gasteiger partial charge >= 0.3 is 0 Å². The molecular weight excluding hydrogens is 320 g/mol. The fourth-order valence-electron chi connectivity index (χ4n) is 2.58. The van der Waals surface area contributed by atoms with Crippen molar-refractivity contribution < 1.29 is 19.1 Å². The topological polar surface area (TPSA) is 67.9 Å². The van der Waals surface area contributed by atoms with Crippen molar-refractivity contribution >= 4 is 23.2 Å². The fraction of sp³-hybridized carbons (Fsp3) is 0.263. The highest BCUT2D eigenvalue weighted by atomic mass is 16.5. The van der Waals surface area contributed by atoms with Crippen LogP contribution in [-0.4, -0.2) is 32.1 Å². The summed E-state index contributed by atoms with van der Waals surface area (Å²) in [6.07, 6.45) is 0. The number of amides is 2. The molecule has 0 spiro atoms. The minimum Gasteiger partial charge on any atom is -0.483 e. The molecule has 130 valence electrons. The number of hydrogen-bond donors (Lipinski definition) is 1. The molecular formula is C19H20N2O4. The Morgan fingerprint density at radius 3 is 2.88 bits per heavy atom. The Bertz CT molecular complexity index is 832. The number of ether oxygens (including phenoxy) is 2. The quantitative estimate of drug-likeness (QED) is 0.929. The first-order valence-corrected chi connectivity index (χ1v) is 7.98. The minimum atomic E-state index is -0.263. The Kier molecular flexibility index (Phi) is 4.61. The Balaban J connectivity index is 1.64. The molecule has 1 N–H and O–H groups in total. The van der Waals surface area contributed by atoms with Crippen molar-refractivity contribution in [1.29, 1.82) is 0 Å². The largest absolute Gasteiger partial charge is 0.483 e. The molecule has 2 aromatic rings. The van der Waals surface area contributed by atoms with Crippen molar-refractivity contribution in [2.75, 3.05) is 30.5 Å². The third-order valence-electron chi connectivity index (χ3n) is 4.24. The standard InChI is InChI=1S/C19H20N2O4/c1-12-5-4-6-16(13(12)2)24-10-18(22)20-14-7-8-15-17(9-14)25-11-19(23)21(15)3/h4-9H,10-11H2,1-3H3,(H,20,22). The van der Waals surface area contributed by atoms with E-state index in [0.29, 0.717) is 22.9 Å². The number of carbonyl (C=O) groups excluding carboxylic acids is 2. The molecule has 2 aromatic carbocycles. The van der Waals surface area contributed by atoms with Gasteiger partial charge in [0, 0.05) is 18.8 Å². The third-order valence-corrected chi connectivity index (χ3v) is 4.24. The van der Waals surface area contributed by atoms with Crippen LogP contribution >= 0.6 is 0 Å². The smallest absolute Gasteiger partial charge is 0.264 e. The minimum absolute atomic E-state index is 0.00333. The summed E-state index contributed by atoms with van der Waals surface area (Å²) >= 11 is 0. The van der Waals surface area contributed by atoms with E-state index >= 15 is 0 Å². The highest BCUT2D eigenvalue weighted by Gasteiger charge is 2.22. The zero-order valence-corrected chi connectivity index (χ0v) is 14.5. The van der Waals surface area contributed by atoms with Gasteiger partial charge in [0.05, 0.1) is 5.69 Å². The van der Waals surface area contributed by atoms with E-state index in [1.807, 2.05) is 32.0 Å². The highest BCUT2D eigenvalue weighted by Crippen LogP contribution is 2.33. The van der Waals surface area contributed by atoms with E-state index in [0.717, 1.165) is 11.1 Å². The van der Waals surface area contributed by atoms with E-state index in [-0.39, 0.29) is 25.0 Å². The predicted molar refractivity (Wildman–Crippen MR) is 95.4 cm³/mol. The highest BCUT2D eigenvalue weighted by molar-refractivity contribution is 5.98. The van der Waals surface area contributed by atoms with Gasteiger partial charge in [-0.2, -0.15) is 0 Å². The van der Waals surface area contributed by atoms with Gasteiger partial charge in [0.1, 0.15) is 11.5 Å². The zero-order valence-electron chi connectivity index (χ0n) is 14.5. The molecule has 1 aliphatic heterocycles. The Morgan fingerprint density at radius 2 is 2.08 bits per heavy atom. The molecule has 2 amide bonds. The molecule has 0 atom stereocenters. The Labute approximate surface area is 146 Å². The summed E-state index contributed by atoms with van der Waals surface area (Å²) in [6.45, 7) is 3.87. The summed E-state index contributed by atoms with van der Waals surface area (Å²) in [6, 6.07) is 10.9. The lowest BCUT2D eigenvalue weighted by Crippen LogP contribution is -2.35. The van der Waals surface area contributed by atoms with Crippen molar-refractivity contribution in [3.8, 4) is 11.5 Å². The molecule has 0 bridgehead atoms. The van der Waals surface area contributed by atoms with E-state index in [1.165, 1.54) is 4.90 Å². The maximum Gasteiger partial charge on any atom is 0.264 e. The molecule has 0 saturated carbocycles. The van der Waals surface area contributed by atoms with Crippen molar-refractivity contribution in [1.82, 2.24) is 0 Å². The molecule has 0 aliphatic carbocycles. The van der Waals surface area contributed by atoms with Crippen LogP contribution in [0.25, 0.3) is 0 Å². The van der Waals surface area contributed by atoms with Gasteiger partial charge in [-0.15, -0.1) is 0 Å². The monoisotopic (exact) mass is 340 g/mol. The van der Waals surface area contributed by atoms with Crippen LogP contribution < -0.4 is 19.7 Å². The number of aryl methyl sites for hydroxylation is 1. The lowest BCUT2D eigenvalue weighted by Gasteiger charge is -2.26. The average Bonchev–Trinajstić information content (AvgIpc) is 2.59. The molecule has 6 heteroatoms. The first-order valence-electron chi connectivity index (χ1n) is 7.98. The van der Waals surface area contributed by atoms with E-state index < -0.39 is 0 Å². The Hall–Kier alpha value is -3.02. The number of carbonyl (C=O) groups is 2. The van der Waals surface area contributed by atoms with E-state index in [2.05, 4.69) is 5.32 Å². The molecule has 0 unspecified atom stereocenters. The molecule has 0 aromatic heterocycles. The number of likely N-dealkylation sites (N-methyl/N-ethyl adjacent to an activating group) is 1. The van der Waals surface area contributed by atoms with Gasteiger partial charge in [-0.3, -0.25) is 9.59 Å². The molecule has 0 saturated heterocycles. The van der Waals surface area contributed by atoms with Crippen LogP contribution in [0.1, 0.15) is 11.1 Å². The summed E-state index contributed by atoms with van der Waals surface area (Å²) in [5, 5.41) is 2.78. The number of rotatable bonds is 4. The number of benzene rings is 2. The summed E-state index contributed by atoms with van der Waals surface area (Å²) in [5.74, 6) is 0.895. The number of nitrogens with zero attached hydrogens (tertiary/aromatic N) is 1. The number of anilines is 2. The van der Waals surface area contributed by atoms with Crippen LogP contribution in [-0.2, 0) is 9.59 Å². The normalized spacial score (nSPS) is 13.1. The summed E-state index contributed by atoms with van der Waals surface area (Å²) in [7, 11) is 1.69. The maximum absolute atomic E-state index is 12.1. The second kappa shape index (κ2) is 6.84. The predicted octanol–water partition coefficient (Wildman–Crippen LogP) is 2.68. The summed E-state index contributed by atoms with van der Waals surface area (Å²) < 4.78 is 11.0. The summed E-state index contributed by atoms with van der Waals surface area (Å²) in [4.78, 5) is 25.3. The molecule has 6 nitrogen and oxygen atoms in total. The van der Waals surface area contributed by atoms with E-state index in [9.17, 15) is 9.59 Å². The van der Waals surface area contributed by atoms with E-state index in [1.54, 1.807) is 25.2 Å². The van der Waals surface area contributed by atoms with Crippen molar-refractivity contribution in [2.45, 2.75) is 13.8 Å². The SMILES string of the molecule is Cc1cccc(OCC(=O)Nc2ccc3c(c2)OCC(=O)N3C)c1C. The van der Waals surface area contributed by atoms with Gasteiger partial charge in [0.15, 0.2) is 13.2 Å². The molecule has 3 rings (SSSR count). The number of fused-ring (bicyclic) bond motifs is 1. The van der Waals surface area contributed by atoms with Gasteiger partial charge in [-0.05, 0) is 43.2 Å². The van der Waals surface area contributed by atoms with E-state index in [4.69, 9.17) is 9.47 Å². The summed E-state index contributed by atoms with van der Waals surface area (Å²) in [5.41, 5.74) is 3.41. The molecule has 0 radical (unpaired) electrons. The number of hydrogen-bond acceptors (Lipinski definition) is 4. The maximum atomic E-state index is 12.1. The van der Waals surface area contributed by atoms with Gasteiger partial charge in [-0.1, -0.05) is 12.1 Å². The fourth-order valence-corrected chi connectivity index (χ4v) is 2.58. The second-order valence-electron chi connectivity index (χ2n) is 5.96. The zero-order chi connectivity index (χ0) is 18.0. The van der Waals surface area contributed by atoms with Crippen LogP contribution in [0, 0.1) is 13.8 Å². The van der Waals surface area contributed by atoms with Gasteiger partial charge in [-0.25, -0.2) is 0 Å². The third kappa shape index (κ3) is 3.57. The second-order valence-corrected chi connectivity index (χ2v) is 5.96. The average molecular weight is 340 g/mol. The van der Waals surface area contributed by atoms with Crippen LogP contribution in [0.5, 0.6) is 11.5 Å². The van der Waals surface area contributed by atoms with Crippen molar-refractivity contribution in [3.63, 3.8) is 0 Å². The van der Waals surface area contributed by atoms with Crippen LogP contribution in [0.2, 0.25) is 0 Å². The molecule has 25 heavy (non-hydrogen) atoms. The van der Waals surface area contributed by atoms with Crippen LogP contribution in [0.4, 0.5) is 11.4 Å². The van der Waals surface area contributed by atoms with Crippen molar-refractivity contribution in [2.24, 2.45) is 0 Å². The van der Waals surface area contributed by atoms with Gasteiger partial charge in [0.2, 0.25) is 0 Å². The number of nitrogens with one attached hydrogen (secondary N) is 1. The van der Waals surface area contributed by atoms with Crippen LogP contribution in [0.15, 0.2) is 36.4 Å². The van der Waals surface area contributed by atoms with Crippen LogP contribution in [0.3, 0.4) is 0 Å². The first kappa shape index (κ1) is 16.8. The lowest BCUT2D eigenvalue weighted by atomic mass is 10.1. The lowest BCUT2D eigenvalue weighted by molar-refractivity contribution is -0.121. The molecule has 1 aliphatic rings. The molecule has 0 fully saturated rings. The Morgan fingerprint density at radius 1 is 1.28 bits per heavy atom. The molecule has 1 heterocycles. The van der Waals surface area contributed by atoms with Gasteiger partial charge in [0.25, 0.3) is 11.8 Å².